The molecule has 0 saturated heterocycles. The van der Waals surface area contributed by atoms with Gasteiger partial charge in [-0.3, -0.25) is 9.69 Å². The van der Waals surface area contributed by atoms with Crippen LogP contribution in [0.3, 0.4) is 0 Å². The lowest BCUT2D eigenvalue weighted by atomic mass is 10.0. The van der Waals surface area contributed by atoms with Gasteiger partial charge >= 0.3 is 0 Å². The highest BCUT2D eigenvalue weighted by molar-refractivity contribution is 9.10. The smallest absolute Gasteiger partial charge is 0.262 e. The molecule has 1 heterocycles. The van der Waals surface area contributed by atoms with Crippen LogP contribution in [0.4, 0.5) is 11.4 Å². The standard InChI is InChI=1S/C25H25BrN2O2/c1-2-3-6-17-30-21-15-13-20(14-16-21)28-24(18-9-11-19(26)12-10-18)27-23-8-5-4-7-22(23)25(28)29/h4-5,7-16,24,27H,2-3,6,17H2,1H3/t24-/m1/s1. The molecule has 4 rings (SSSR count). The van der Waals surface area contributed by atoms with Crippen LogP contribution in [-0.2, 0) is 0 Å². The Labute approximate surface area is 186 Å². The Balaban J connectivity index is 1.64. The van der Waals surface area contributed by atoms with E-state index in [0.29, 0.717) is 12.2 Å². The molecule has 30 heavy (non-hydrogen) atoms. The first-order chi connectivity index (χ1) is 14.7. The molecular weight excluding hydrogens is 440 g/mol. The van der Waals surface area contributed by atoms with Crippen molar-refractivity contribution in [2.24, 2.45) is 0 Å². The number of nitrogens with zero attached hydrogens (tertiary/aromatic N) is 1. The summed E-state index contributed by atoms with van der Waals surface area (Å²) in [6.07, 6.45) is 3.10. The number of fused-ring (bicyclic) bond motifs is 1. The molecule has 0 spiro atoms. The second-order valence-electron chi connectivity index (χ2n) is 7.37. The molecule has 1 atom stereocenters. The zero-order valence-corrected chi connectivity index (χ0v) is 18.6. The fourth-order valence-corrected chi connectivity index (χ4v) is 3.91. The molecule has 0 radical (unpaired) electrons. The summed E-state index contributed by atoms with van der Waals surface area (Å²) in [5, 5.41) is 3.53. The van der Waals surface area contributed by atoms with Gasteiger partial charge in [-0.1, -0.05) is 60.0 Å². The van der Waals surface area contributed by atoms with Gasteiger partial charge in [0.15, 0.2) is 0 Å². The number of rotatable bonds is 7. The summed E-state index contributed by atoms with van der Waals surface area (Å²) in [6.45, 7) is 2.89. The van der Waals surface area contributed by atoms with Crippen LogP contribution in [0, 0.1) is 0 Å². The molecule has 1 amide bonds. The van der Waals surface area contributed by atoms with E-state index in [9.17, 15) is 4.79 Å². The van der Waals surface area contributed by atoms with Gasteiger partial charge < -0.3 is 10.1 Å². The fourth-order valence-electron chi connectivity index (χ4n) is 3.64. The van der Waals surface area contributed by atoms with Gasteiger partial charge in [-0.25, -0.2) is 0 Å². The minimum Gasteiger partial charge on any atom is -0.494 e. The van der Waals surface area contributed by atoms with Crippen molar-refractivity contribution in [3.63, 3.8) is 0 Å². The van der Waals surface area contributed by atoms with E-state index in [1.54, 1.807) is 0 Å². The third-order valence-corrected chi connectivity index (χ3v) is 5.77. The number of unbranched alkanes of at least 4 members (excludes halogenated alkanes) is 2. The molecule has 3 aromatic carbocycles. The van der Waals surface area contributed by atoms with Gasteiger partial charge in [0, 0.05) is 15.8 Å². The SMILES string of the molecule is CCCCCOc1ccc(N2C(=O)c3ccccc3N[C@H]2c2ccc(Br)cc2)cc1. The molecular formula is C25H25BrN2O2. The number of anilines is 2. The van der Waals surface area contributed by atoms with E-state index in [1.165, 1.54) is 12.8 Å². The van der Waals surface area contributed by atoms with E-state index in [0.717, 1.165) is 33.6 Å². The lowest BCUT2D eigenvalue weighted by molar-refractivity contribution is 0.0975. The summed E-state index contributed by atoms with van der Waals surface area (Å²) in [5.74, 6) is 0.807. The van der Waals surface area contributed by atoms with Crippen LogP contribution in [0.5, 0.6) is 5.75 Å². The highest BCUT2D eigenvalue weighted by atomic mass is 79.9. The third-order valence-electron chi connectivity index (χ3n) is 5.24. The normalized spacial score (nSPS) is 15.5. The van der Waals surface area contributed by atoms with Crippen molar-refractivity contribution in [3.05, 3.63) is 88.4 Å². The molecule has 0 saturated carbocycles. The molecule has 0 fully saturated rings. The predicted molar refractivity (Wildman–Crippen MR) is 125 cm³/mol. The summed E-state index contributed by atoms with van der Waals surface area (Å²) in [7, 11) is 0. The quantitative estimate of drug-likeness (QED) is 0.391. The monoisotopic (exact) mass is 464 g/mol. The number of carbonyl (C=O) groups is 1. The Bertz CT molecular complexity index is 1000. The van der Waals surface area contributed by atoms with E-state index in [2.05, 4.69) is 28.2 Å². The van der Waals surface area contributed by atoms with Gasteiger partial charge in [0.25, 0.3) is 5.91 Å². The van der Waals surface area contributed by atoms with E-state index >= 15 is 0 Å². The molecule has 4 nitrogen and oxygen atoms in total. The number of hydrogen-bond acceptors (Lipinski definition) is 3. The van der Waals surface area contributed by atoms with Crippen molar-refractivity contribution < 1.29 is 9.53 Å². The van der Waals surface area contributed by atoms with Crippen LogP contribution >= 0.6 is 15.9 Å². The average Bonchev–Trinajstić information content (AvgIpc) is 2.78. The van der Waals surface area contributed by atoms with Crippen molar-refractivity contribution in [2.45, 2.75) is 32.4 Å². The number of benzene rings is 3. The number of carbonyl (C=O) groups excluding carboxylic acids is 1. The van der Waals surface area contributed by atoms with Crippen molar-refractivity contribution in [1.82, 2.24) is 0 Å². The topological polar surface area (TPSA) is 41.6 Å². The van der Waals surface area contributed by atoms with Crippen molar-refractivity contribution in [3.8, 4) is 5.75 Å². The molecule has 154 valence electrons. The molecule has 5 heteroatoms. The summed E-state index contributed by atoms with van der Waals surface area (Å²) < 4.78 is 6.84. The van der Waals surface area contributed by atoms with Crippen LogP contribution in [0.1, 0.15) is 48.3 Å². The van der Waals surface area contributed by atoms with Crippen LogP contribution in [-0.4, -0.2) is 12.5 Å². The number of para-hydroxylation sites is 1. The number of halogens is 1. The molecule has 1 aliphatic heterocycles. The summed E-state index contributed by atoms with van der Waals surface area (Å²) in [6, 6.07) is 23.5. The van der Waals surface area contributed by atoms with Gasteiger partial charge in [-0.05, 0) is 60.5 Å². The minimum absolute atomic E-state index is 0.0196. The molecule has 1 N–H and O–H groups in total. The van der Waals surface area contributed by atoms with Crippen LogP contribution < -0.4 is 15.0 Å². The van der Waals surface area contributed by atoms with Crippen molar-refractivity contribution >= 4 is 33.2 Å². The van der Waals surface area contributed by atoms with E-state index < -0.39 is 0 Å². The largest absolute Gasteiger partial charge is 0.494 e. The zero-order chi connectivity index (χ0) is 20.9. The first-order valence-electron chi connectivity index (χ1n) is 10.3. The van der Waals surface area contributed by atoms with Gasteiger partial charge in [-0.15, -0.1) is 0 Å². The van der Waals surface area contributed by atoms with Crippen molar-refractivity contribution in [2.75, 3.05) is 16.8 Å². The third kappa shape index (κ3) is 4.36. The highest BCUT2D eigenvalue weighted by Crippen LogP contribution is 2.37. The maximum atomic E-state index is 13.4. The molecule has 0 aromatic heterocycles. The fraction of sp³-hybridized carbons (Fsp3) is 0.240. The second kappa shape index (κ2) is 9.35. The first-order valence-corrected chi connectivity index (χ1v) is 11.1. The zero-order valence-electron chi connectivity index (χ0n) is 17.0. The number of hydrogen-bond donors (Lipinski definition) is 1. The Morgan fingerprint density at radius 2 is 1.70 bits per heavy atom. The van der Waals surface area contributed by atoms with Gasteiger partial charge in [0.2, 0.25) is 0 Å². The Morgan fingerprint density at radius 1 is 0.967 bits per heavy atom. The van der Waals surface area contributed by atoms with Gasteiger partial charge in [-0.2, -0.15) is 0 Å². The summed E-state index contributed by atoms with van der Waals surface area (Å²) >= 11 is 3.49. The van der Waals surface area contributed by atoms with Crippen LogP contribution in [0.25, 0.3) is 0 Å². The maximum absolute atomic E-state index is 13.4. The van der Waals surface area contributed by atoms with E-state index in [1.807, 2.05) is 77.7 Å². The van der Waals surface area contributed by atoms with Crippen LogP contribution in [0.2, 0.25) is 0 Å². The molecule has 1 aliphatic rings. The minimum atomic E-state index is -0.295. The second-order valence-corrected chi connectivity index (χ2v) is 8.28. The highest BCUT2D eigenvalue weighted by Gasteiger charge is 2.33. The number of nitrogens with one attached hydrogen (secondary N) is 1. The Hall–Kier alpha value is -2.79. The lowest BCUT2D eigenvalue weighted by Gasteiger charge is -2.38. The lowest BCUT2D eigenvalue weighted by Crippen LogP contribution is -2.43. The van der Waals surface area contributed by atoms with Gasteiger partial charge in [0.05, 0.1) is 12.2 Å². The number of ether oxygens (including phenoxy) is 1. The number of amides is 1. The van der Waals surface area contributed by atoms with E-state index in [-0.39, 0.29) is 12.1 Å². The van der Waals surface area contributed by atoms with Gasteiger partial charge in [0.1, 0.15) is 11.9 Å². The molecule has 0 aliphatic carbocycles. The summed E-state index contributed by atoms with van der Waals surface area (Å²) in [4.78, 5) is 15.3. The average molecular weight is 465 g/mol. The molecule has 3 aromatic rings. The molecule has 0 bridgehead atoms. The first kappa shape index (κ1) is 20.5. The van der Waals surface area contributed by atoms with Crippen LogP contribution in [0.15, 0.2) is 77.3 Å². The van der Waals surface area contributed by atoms with Crippen molar-refractivity contribution in [1.29, 1.82) is 0 Å². The summed E-state index contributed by atoms with van der Waals surface area (Å²) in [5.41, 5.74) is 3.37. The predicted octanol–water partition coefficient (Wildman–Crippen LogP) is 6.79. The molecule has 0 unspecified atom stereocenters. The van der Waals surface area contributed by atoms with E-state index in [4.69, 9.17) is 4.74 Å². The Morgan fingerprint density at radius 3 is 2.43 bits per heavy atom. The Kier molecular flexibility index (Phi) is 6.38. The maximum Gasteiger partial charge on any atom is 0.262 e.